The Morgan fingerprint density at radius 3 is 2.96 bits per heavy atom. The van der Waals surface area contributed by atoms with Crippen LogP contribution in [0.5, 0.6) is 0 Å². The smallest absolute Gasteiger partial charge is 0.274 e. The molecule has 4 aromatic rings. The molecule has 1 aliphatic heterocycles. The average Bonchev–Trinajstić information content (AvgIpc) is 3.38. The van der Waals surface area contributed by atoms with Crippen molar-refractivity contribution < 1.29 is 4.79 Å². The van der Waals surface area contributed by atoms with Gasteiger partial charge in [-0.1, -0.05) is 0 Å². The third-order valence-corrected chi connectivity index (χ3v) is 5.61. The Bertz CT molecular complexity index is 1120. The topological polar surface area (TPSA) is 68.3 Å². The first kappa shape index (κ1) is 15.7. The summed E-state index contributed by atoms with van der Waals surface area (Å²) < 4.78 is 4.71. The van der Waals surface area contributed by atoms with Gasteiger partial charge in [-0.15, -0.1) is 10.2 Å². The summed E-state index contributed by atoms with van der Waals surface area (Å²) in [7, 11) is 0. The summed E-state index contributed by atoms with van der Waals surface area (Å²) >= 11 is 5.05. The molecule has 5 rings (SSSR count). The van der Waals surface area contributed by atoms with Gasteiger partial charge in [0.25, 0.3) is 5.91 Å². The van der Waals surface area contributed by atoms with E-state index in [0.29, 0.717) is 25.3 Å². The monoisotopic (exact) mass is 428 g/mol. The minimum atomic E-state index is -0.0869. The van der Waals surface area contributed by atoms with Crippen LogP contribution in [-0.4, -0.2) is 41.7 Å². The van der Waals surface area contributed by atoms with Gasteiger partial charge >= 0.3 is 0 Å². The van der Waals surface area contributed by atoms with E-state index in [1.807, 2.05) is 35.8 Å². The van der Waals surface area contributed by atoms with E-state index in [-0.39, 0.29) is 5.91 Å². The number of amides is 1. The third kappa shape index (κ3) is 2.55. The van der Waals surface area contributed by atoms with Crippen LogP contribution in [0.4, 0.5) is 0 Å². The molecule has 0 N–H and O–H groups in total. The van der Waals surface area contributed by atoms with Gasteiger partial charge in [0.2, 0.25) is 0 Å². The van der Waals surface area contributed by atoms with Crippen LogP contribution in [0.1, 0.15) is 16.3 Å². The van der Waals surface area contributed by atoms with E-state index in [1.54, 1.807) is 20.8 Å². The van der Waals surface area contributed by atoms with Crippen molar-refractivity contribution in [3.63, 3.8) is 0 Å². The van der Waals surface area contributed by atoms with Crippen LogP contribution in [0.2, 0.25) is 0 Å². The predicted molar refractivity (Wildman–Crippen MR) is 101 cm³/mol. The van der Waals surface area contributed by atoms with Gasteiger partial charge in [-0.2, -0.15) is 16.4 Å². The second-order valence-electron chi connectivity index (χ2n) is 6.08. The molecule has 5 heterocycles. The molecule has 0 bridgehead atoms. The van der Waals surface area contributed by atoms with Crippen molar-refractivity contribution in [1.29, 1.82) is 0 Å². The summed E-state index contributed by atoms with van der Waals surface area (Å²) in [5.41, 5.74) is 2.39. The van der Waals surface area contributed by atoms with Crippen molar-refractivity contribution in [3.8, 4) is 11.4 Å². The maximum absolute atomic E-state index is 12.9. The lowest BCUT2D eigenvalue weighted by Crippen LogP contribution is -2.38. The normalized spacial score (nSPS) is 14.0. The zero-order valence-corrected chi connectivity index (χ0v) is 15.9. The van der Waals surface area contributed by atoms with Crippen molar-refractivity contribution in [1.82, 2.24) is 29.3 Å². The van der Waals surface area contributed by atoms with Gasteiger partial charge < -0.3 is 9.47 Å². The lowest BCUT2D eigenvalue weighted by molar-refractivity contribution is 0.0701. The van der Waals surface area contributed by atoms with Crippen molar-refractivity contribution in [3.05, 3.63) is 57.2 Å². The van der Waals surface area contributed by atoms with E-state index in [4.69, 9.17) is 0 Å². The van der Waals surface area contributed by atoms with Crippen molar-refractivity contribution >= 4 is 38.7 Å². The van der Waals surface area contributed by atoms with E-state index >= 15 is 0 Å². The number of nitrogens with zero attached hydrogens (tertiary/aromatic N) is 6. The minimum absolute atomic E-state index is 0.0869. The van der Waals surface area contributed by atoms with E-state index in [1.165, 1.54) is 0 Å². The summed E-state index contributed by atoms with van der Waals surface area (Å²) in [4.78, 5) is 14.7. The Balaban J connectivity index is 1.42. The molecule has 0 unspecified atom stereocenters. The highest BCUT2D eigenvalue weighted by Gasteiger charge is 2.27. The first-order valence-electron chi connectivity index (χ1n) is 8.08. The van der Waals surface area contributed by atoms with E-state index in [9.17, 15) is 4.79 Å². The molecule has 0 spiro atoms. The lowest BCUT2D eigenvalue weighted by Gasteiger charge is -2.27. The number of thiophene rings is 1. The number of carbonyl (C=O) groups is 1. The van der Waals surface area contributed by atoms with Crippen LogP contribution in [0.15, 0.2) is 45.7 Å². The Hall–Kier alpha value is -2.52. The van der Waals surface area contributed by atoms with Gasteiger partial charge in [0.05, 0.1) is 12.1 Å². The molecule has 0 saturated carbocycles. The fourth-order valence-electron chi connectivity index (χ4n) is 3.16. The third-order valence-electron chi connectivity index (χ3n) is 4.46. The molecule has 9 heteroatoms. The number of carbonyl (C=O) groups excluding carboxylic acids is 1. The molecule has 0 radical (unpaired) electrons. The summed E-state index contributed by atoms with van der Waals surface area (Å²) in [5.74, 6) is 1.58. The number of halogens is 1. The van der Waals surface area contributed by atoms with Gasteiger partial charge in [0.15, 0.2) is 17.3 Å². The first-order valence-corrected chi connectivity index (χ1v) is 9.81. The van der Waals surface area contributed by atoms with Crippen molar-refractivity contribution in [2.24, 2.45) is 0 Å². The molecule has 0 saturated heterocycles. The number of hydrogen-bond acceptors (Lipinski definition) is 5. The van der Waals surface area contributed by atoms with Gasteiger partial charge in [-0.25, -0.2) is 4.52 Å². The molecule has 1 aliphatic rings. The maximum Gasteiger partial charge on any atom is 0.274 e. The van der Waals surface area contributed by atoms with Crippen LogP contribution in [-0.2, 0) is 13.1 Å². The molecule has 130 valence electrons. The number of fused-ring (bicyclic) bond motifs is 2. The van der Waals surface area contributed by atoms with E-state index in [0.717, 1.165) is 27.2 Å². The molecule has 4 aromatic heterocycles. The van der Waals surface area contributed by atoms with Gasteiger partial charge in [0, 0.05) is 34.7 Å². The fraction of sp³-hybridized carbons (Fsp3) is 0.176. The molecule has 0 fully saturated rings. The van der Waals surface area contributed by atoms with Crippen LogP contribution in [0.25, 0.3) is 16.9 Å². The number of aromatic nitrogens is 5. The molecule has 0 aliphatic carbocycles. The fourth-order valence-corrected chi connectivity index (χ4v) is 4.12. The summed E-state index contributed by atoms with van der Waals surface area (Å²) in [6.07, 6.45) is 1.84. The SMILES string of the molecule is O=C(c1cc2ccc(Br)cn2n1)N1CCn2c(nnc2-c2ccsc2)C1. The van der Waals surface area contributed by atoms with Crippen molar-refractivity contribution in [2.75, 3.05) is 6.54 Å². The number of rotatable bonds is 2. The molecule has 0 atom stereocenters. The maximum atomic E-state index is 12.9. The minimum Gasteiger partial charge on any atom is -0.328 e. The molecule has 0 aromatic carbocycles. The zero-order chi connectivity index (χ0) is 17.7. The average molecular weight is 429 g/mol. The van der Waals surface area contributed by atoms with E-state index in [2.05, 4.69) is 41.2 Å². The van der Waals surface area contributed by atoms with Gasteiger partial charge in [-0.05, 0) is 45.6 Å². The standard InChI is InChI=1S/C17H13BrN6OS/c18-12-1-2-13-7-14(21-24(13)8-12)17(25)22-4-5-23-15(9-22)19-20-16(23)11-3-6-26-10-11/h1-3,6-8,10H,4-5,9H2. The van der Waals surface area contributed by atoms with Crippen LogP contribution in [0, 0.1) is 0 Å². The molecule has 7 nitrogen and oxygen atoms in total. The molecule has 26 heavy (non-hydrogen) atoms. The van der Waals surface area contributed by atoms with Crippen LogP contribution < -0.4 is 0 Å². The van der Waals surface area contributed by atoms with Crippen molar-refractivity contribution in [2.45, 2.75) is 13.1 Å². The Kier molecular flexibility index (Phi) is 3.64. The number of pyridine rings is 1. The summed E-state index contributed by atoms with van der Waals surface area (Å²) in [5, 5.41) is 17.1. The molecular weight excluding hydrogens is 416 g/mol. The quantitative estimate of drug-likeness (QED) is 0.491. The molecule has 1 amide bonds. The Labute approximate surface area is 161 Å². The van der Waals surface area contributed by atoms with Crippen LogP contribution >= 0.6 is 27.3 Å². The molecular formula is C17H13BrN6OS. The number of hydrogen-bond donors (Lipinski definition) is 0. The van der Waals surface area contributed by atoms with E-state index < -0.39 is 0 Å². The Morgan fingerprint density at radius 2 is 2.12 bits per heavy atom. The highest BCUT2D eigenvalue weighted by Crippen LogP contribution is 2.24. The van der Waals surface area contributed by atoms with Crippen LogP contribution in [0.3, 0.4) is 0 Å². The lowest BCUT2D eigenvalue weighted by atomic mass is 10.2. The van der Waals surface area contributed by atoms with Gasteiger partial charge in [0.1, 0.15) is 0 Å². The predicted octanol–water partition coefficient (Wildman–Crippen LogP) is 3.07. The first-order chi connectivity index (χ1) is 12.7. The van der Waals surface area contributed by atoms with Gasteiger partial charge in [-0.3, -0.25) is 4.79 Å². The summed E-state index contributed by atoms with van der Waals surface area (Å²) in [6, 6.07) is 7.70. The largest absolute Gasteiger partial charge is 0.328 e. The zero-order valence-electron chi connectivity index (χ0n) is 13.5. The Morgan fingerprint density at radius 1 is 1.19 bits per heavy atom. The summed E-state index contributed by atoms with van der Waals surface area (Å²) in [6.45, 7) is 1.73. The second-order valence-corrected chi connectivity index (χ2v) is 7.77. The highest BCUT2D eigenvalue weighted by molar-refractivity contribution is 9.10. The highest BCUT2D eigenvalue weighted by atomic mass is 79.9. The second kappa shape index (κ2) is 6.03.